The molecule has 2 amide bonds. The third-order valence-corrected chi connectivity index (χ3v) is 9.74. The monoisotopic (exact) mass is 663 g/mol. The molecular formula is C36H39ClFN3O4S. The Labute approximate surface area is 276 Å². The standard InChI is InChI=1S/C36H39ClFN3O4S/c1-4-5-21-39-36(43)34(22-28-11-7-6-8-12-28)40(24-29-13-9-10-14-32(29)38)35(42)25-41(33-23-30(37)18-17-27(33)3)46(44,45)31-19-15-26(2)16-20-31/h6-20,23,34H,4-5,21-22,24-25H2,1-3H3,(H,39,43)/t34-/m1/s1. The Morgan fingerprint density at radius 1 is 0.913 bits per heavy atom. The summed E-state index contributed by atoms with van der Waals surface area (Å²) in [6.45, 7) is 5.07. The van der Waals surface area contributed by atoms with E-state index in [0.29, 0.717) is 12.1 Å². The van der Waals surface area contributed by atoms with Gasteiger partial charge < -0.3 is 10.2 Å². The zero-order valence-corrected chi connectivity index (χ0v) is 27.8. The van der Waals surface area contributed by atoms with Crippen molar-refractivity contribution in [3.63, 3.8) is 0 Å². The van der Waals surface area contributed by atoms with Crippen LogP contribution in [0.15, 0.2) is 102 Å². The van der Waals surface area contributed by atoms with Crippen LogP contribution in [0.4, 0.5) is 10.1 Å². The molecule has 0 fully saturated rings. The number of carbonyl (C=O) groups is 2. The lowest BCUT2D eigenvalue weighted by Crippen LogP contribution is -2.53. The molecule has 7 nitrogen and oxygen atoms in total. The fraction of sp³-hybridized carbons (Fsp3) is 0.278. The average molecular weight is 664 g/mol. The number of hydrogen-bond acceptors (Lipinski definition) is 4. The van der Waals surface area contributed by atoms with Crippen LogP contribution < -0.4 is 9.62 Å². The van der Waals surface area contributed by atoms with Gasteiger partial charge in [0, 0.05) is 30.1 Å². The summed E-state index contributed by atoms with van der Waals surface area (Å²) in [5.41, 5.74) is 2.65. The normalized spacial score (nSPS) is 11.9. The topological polar surface area (TPSA) is 86.8 Å². The molecule has 4 aromatic rings. The van der Waals surface area contributed by atoms with Crippen molar-refractivity contribution < 1.29 is 22.4 Å². The summed E-state index contributed by atoms with van der Waals surface area (Å²) in [7, 11) is -4.29. The molecule has 242 valence electrons. The molecule has 0 radical (unpaired) electrons. The highest BCUT2D eigenvalue weighted by Crippen LogP contribution is 2.30. The molecule has 0 bridgehead atoms. The first-order valence-electron chi connectivity index (χ1n) is 15.2. The molecule has 0 heterocycles. The third-order valence-electron chi connectivity index (χ3n) is 7.73. The third kappa shape index (κ3) is 8.73. The fourth-order valence-corrected chi connectivity index (χ4v) is 6.71. The van der Waals surface area contributed by atoms with Crippen molar-refractivity contribution in [2.45, 2.75) is 57.5 Å². The lowest BCUT2D eigenvalue weighted by atomic mass is 10.0. The average Bonchev–Trinajstić information content (AvgIpc) is 3.04. The van der Waals surface area contributed by atoms with Crippen LogP contribution in [-0.4, -0.2) is 44.3 Å². The summed E-state index contributed by atoms with van der Waals surface area (Å²) < 4.78 is 44.5. The number of aryl methyl sites for hydroxylation is 2. The van der Waals surface area contributed by atoms with Gasteiger partial charge in [-0.1, -0.05) is 97.2 Å². The van der Waals surface area contributed by atoms with Crippen LogP contribution in [-0.2, 0) is 32.6 Å². The number of amides is 2. The first kappa shape index (κ1) is 34.7. The highest BCUT2D eigenvalue weighted by Gasteiger charge is 2.35. The molecule has 0 saturated carbocycles. The van der Waals surface area contributed by atoms with E-state index >= 15 is 4.39 Å². The summed E-state index contributed by atoms with van der Waals surface area (Å²) in [5, 5.41) is 3.22. The minimum atomic E-state index is -4.29. The molecule has 0 aliphatic carbocycles. The van der Waals surface area contributed by atoms with E-state index in [4.69, 9.17) is 11.6 Å². The Hall–Kier alpha value is -4.21. The first-order valence-corrected chi connectivity index (χ1v) is 17.0. The summed E-state index contributed by atoms with van der Waals surface area (Å²) >= 11 is 6.33. The van der Waals surface area contributed by atoms with Crippen molar-refractivity contribution in [2.24, 2.45) is 0 Å². The van der Waals surface area contributed by atoms with Crippen LogP contribution in [0.1, 0.15) is 42.0 Å². The number of anilines is 1. The maximum absolute atomic E-state index is 15.1. The number of rotatable bonds is 14. The van der Waals surface area contributed by atoms with Crippen LogP contribution in [0, 0.1) is 19.7 Å². The summed E-state index contributed by atoms with van der Waals surface area (Å²) in [6.07, 6.45) is 1.73. The largest absolute Gasteiger partial charge is 0.354 e. The smallest absolute Gasteiger partial charge is 0.264 e. The van der Waals surface area contributed by atoms with Gasteiger partial charge in [0.05, 0.1) is 10.6 Å². The fourth-order valence-electron chi connectivity index (χ4n) is 5.07. The van der Waals surface area contributed by atoms with E-state index in [0.717, 1.165) is 28.3 Å². The van der Waals surface area contributed by atoms with Crippen molar-refractivity contribution in [3.05, 3.63) is 130 Å². The highest BCUT2D eigenvalue weighted by molar-refractivity contribution is 7.92. The Balaban J connectivity index is 1.83. The summed E-state index contributed by atoms with van der Waals surface area (Å²) in [4.78, 5) is 29.6. The zero-order chi connectivity index (χ0) is 33.3. The minimum Gasteiger partial charge on any atom is -0.354 e. The van der Waals surface area contributed by atoms with Gasteiger partial charge in [-0.2, -0.15) is 0 Å². The van der Waals surface area contributed by atoms with E-state index in [1.165, 1.54) is 29.2 Å². The van der Waals surface area contributed by atoms with Gasteiger partial charge in [0.1, 0.15) is 18.4 Å². The van der Waals surface area contributed by atoms with Crippen molar-refractivity contribution in [1.82, 2.24) is 10.2 Å². The molecule has 0 aromatic heterocycles. The molecule has 0 aliphatic heterocycles. The van der Waals surface area contributed by atoms with E-state index in [-0.39, 0.29) is 34.1 Å². The van der Waals surface area contributed by atoms with Crippen LogP contribution in [0.2, 0.25) is 5.02 Å². The van der Waals surface area contributed by atoms with Crippen molar-refractivity contribution in [2.75, 3.05) is 17.4 Å². The second-order valence-corrected chi connectivity index (χ2v) is 13.5. The lowest BCUT2D eigenvalue weighted by Gasteiger charge is -2.34. The van der Waals surface area contributed by atoms with E-state index in [2.05, 4.69) is 5.32 Å². The lowest BCUT2D eigenvalue weighted by molar-refractivity contribution is -0.140. The number of hydrogen-bond donors (Lipinski definition) is 1. The summed E-state index contributed by atoms with van der Waals surface area (Å²) in [6, 6.07) is 25.3. The molecule has 46 heavy (non-hydrogen) atoms. The molecule has 0 unspecified atom stereocenters. The zero-order valence-electron chi connectivity index (χ0n) is 26.2. The second kappa shape index (κ2) is 15.9. The van der Waals surface area contributed by atoms with E-state index < -0.39 is 40.2 Å². The number of unbranched alkanes of at least 4 members (excludes halogenated alkanes) is 1. The van der Waals surface area contributed by atoms with Gasteiger partial charge in [-0.3, -0.25) is 13.9 Å². The van der Waals surface area contributed by atoms with Gasteiger partial charge >= 0.3 is 0 Å². The predicted molar refractivity (Wildman–Crippen MR) is 181 cm³/mol. The molecule has 4 rings (SSSR count). The Morgan fingerprint density at radius 2 is 1.59 bits per heavy atom. The van der Waals surface area contributed by atoms with Crippen LogP contribution in [0.25, 0.3) is 0 Å². The number of nitrogens with zero attached hydrogens (tertiary/aromatic N) is 2. The van der Waals surface area contributed by atoms with E-state index in [9.17, 15) is 18.0 Å². The van der Waals surface area contributed by atoms with Crippen molar-refractivity contribution in [3.8, 4) is 0 Å². The number of halogens is 2. The molecule has 0 saturated heterocycles. The van der Waals surface area contributed by atoms with Gasteiger partial charge in [-0.25, -0.2) is 12.8 Å². The quantitative estimate of drug-likeness (QED) is 0.150. The van der Waals surface area contributed by atoms with Gasteiger partial charge in [-0.15, -0.1) is 0 Å². The maximum atomic E-state index is 15.1. The maximum Gasteiger partial charge on any atom is 0.264 e. The molecular weight excluding hydrogens is 625 g/mol. The number of sulfonamides is 1. The minimum absolute atomic E-state index is 0.0101. The van der Waals surface area contributed by atoms with Gasteiger partial charge in [0.25, 0.3) is 10.0 Å². The van der Waals surface area contributed by atoms with Crippen LogP contribution >= 0.6 is 11.6 Å². The molecule has 0 spiro atoms. The first-order chi connectivity index (χ1) is 22.0. The van der Waals surface area contributed by atoms with Gasteiger partial charge in [-0.05, 0) is 61.7 Å². The molecule has 0 aliphatic rings. The molecule has 1 N–H and O–H groups in total. The number of benzene rings is 4. The molecule has 10 heteroatoms. The van der Waals surface area contributed by atoms with E-state index in [1.54, 1.807) is 49.4 Å². The van der Waals surface area contributed by atoms with Crippen molar-refractivity contribution >= 4 is 39.1 Å². The predicted octanol–water partition coefficient (Wildman–Crippen LogP) is 6.85. The SMILES string of the molecule is CCCCNC(=O)[C@@H](Cc1ccccc1)N(Cc1ccccc1F)C(=O)CN(c1cc(Cl)ccc1C)S(=O)(=O)c1ccc(C)cc1. The van der Waals surface area contributed by atoms with E-state index in [1.807, 2.05) is 44.2 Å². The Bertz CT molecular complexity index is 1750. The highest BCUT2D eigenvalue weighted by atomic mass is 35.5. The summed E-state index contributed by atoms with van der Waals surface area (Å²) in [5.74, 6) is -1.63. The van der Waals surface area contributed by atoms with Crippen LogP contribution in [0.3, 0.4) is 0 Å². The van der Waals surface area contributed by atoms with Gasteiger partial charge in [0.15, 0.2) is 0 Å². The van der Waals surface area contributed by atoms with Crippen LogP contribution in [0.5, 0.6) is 0 Å². The molecule has 1 atom stereocenters. The second-order valence-electron chi connectivity index (χ2n) is 11.2. The van der Waals surface area contributed by atoms with Crippen molar-refractivity contribution in [1.29, 1.82) is 0 Å². The number of carbonyl (C=O) groups excluding carboxylic acids is 2. The number of nitrogens with one attached hydrogen (secondary N) is 1. The molecule has 4 aromatic carbocycles. The van der Waals surface area contributed by atoms with Gasteiger partial charge in [0.2, 0.25) is 11.8 Å². The Kier molecular flexibility index (Phi) is 12.0. The Morgan fingerprint density at radius 3 is 2.26 bits per heavy atom.